The molecule has 154 valence electrons. The van der Waals surface area contributed by atoms with Crippen molar-refractivity contribution in [2.24, 2.45) is 5.41 Å². The lowest BCUT2D eigenvalue weighted by Crippen LogP contribution is -2.42. The lowest BCUT2D eigenvalue weighted by Gasteiger charge is -2.27. The summed E-state index contributed by atoms with van der Waals surface area (Å²) in [7, 11) is -3.62. The standard InChI is InChI=1S/C22H26N2O4S/c1-5-12-24-19-13-18(10-11-20(19)28-15-22(3,4)21(24)25)23-29(26,27)14-17-8-6-16(2)7-9-17/h5-11,13,23H,1,12,14-15H2,2-4H3. The molecule has 0 unspecified atom stereocenters. The van der Waals surface area contributed by atoms with Crippen LogP contribution in [0.3, 0.4) is 0 Å². The first kappa shape index (κ1) is 20.9. The summed E-state index contributed by atoms with van der Waals surface area (Å²) >= 11 is 0. The maximum absolute atomic E-state index is 12.9. The predicted molar refractivity (Wildman–Crippen MR) is 116 cm³/mol. The van der Waals surface area contributed by atoms with Crippen molar-refractivity contribution in [3.05, 3.63) is 66.2 Å². The van der Waals surface area contributed by atoms with Gasteiger partial charge in [-0.2, -0.15) is 0 Å². The Morgan fingerprint density at radius 2 is 1.90 bits per heavy atom. The fraction of sp³-hybridized carbons (Fsp3) is 0.318. The minimum Gasteiger partial charge on any atom is -0.490 e. The van der Waals surface area contributed by atoms with Gasteiger partial charge in [0.25, 0.3) is 0 Å². The van der Waals surface area contributed by atoms with Crippen LogP contribution in [0, 0.1) is 12.3 Å². The quantitative estimate of drug-likeness (QED) is 0.728. The third-order valence-corrected chi connectivity index (χ3v) is 5.98. The van der Waals surface area contributed by atoms with Crippen molar-refractivity contribution in [3.63, 3.8) is 0 Å². The van der Waals surface area contributed by atoms with E-state index in [4.69, 9.17) is 4.74 Å². The molecule has 2 aromatic carbocycles. The fourth-order valence-electron chi connectivity index (χ4n) is 3.14. The molecule has 2 aromatic rings. The van der Waals surface area contributed by atoms with E-state index in [2.05, 4.69) is 11.3 Å². The average molecular weight is 415 g/mol. The van der Waals surface area contributed by atoms with Crippen LogP contribution >= 0.6 is 0 Å². The number of rotatable bonds is 6. The largest absolute Gasteiger partial charge is 0.490 e. The average Bonchev–Trinajstić information content (AvgIpc) is 2.74. The lowest BCUT2D eigenvalue weighted by atomic mass is 9.93. The predicted octanol–water partition coefficient (Wildman–Crippen LogP) is 3.87. The summed E-state index contributed by atoms with van der Waals surface area (Å²) in [6, 6.07) is 12.3. The van der Waals surface area contributed by atoms with E-state index in [1.54, 1.807) is 41.3 Å². The van der Waals surface area contributed by atoms with Gasteiger partial charge in [0.15, 0.2) is 0 Å². The molecule has 0 bridgehead atoms. The molecule has 7 heteroatoms. The van der Waals surface area contributed by atoms with Crippen LogP contribution in [0.1, 0.15) is 25.0 Å². The van der Waals surface area contributed by atoms with Gasteiger partial charge in [-0.15, -0.1) is 6.58 Å². The normalized spacial score (nSPS) is 15.8. The van der Waals surface area contributed by atoms with Crippen LogP contribution in [0.25, 0.3) is 0 Å². The van der Waals surface area contributed by atoms with E-state index in [0.29, 0.717) is 29.2 Å². The fourth-order valence-corrected chi connectivity index (χ4v) is 4.33. The molecule has 0 saturated heterocycles. The van der Waals surface area contributed by atoms with Crippen molar-refractivity contribution < 1.29 is 17.9 Å². The molecule has 0 atom stereocenters. The zero-order chi connectivity index (χ0) is 21.2. The van der Waals surface area contributed by atoms with Crippen molar-refractivity contribution in [2.45, 2.75) is 26.5 Å². The third kappa shape index (κ3) is 4.79. The number of carbonyl (C=O) groups is 1. The van der Waals surface area contributed by atoms with Gasteiger partial charge < -0.3 is 9.64 Å². The molecule has 3 rings (SSSR count). The van der Waals surface area contributed by atoms with E-state index in [0.717, 1.165) is 5.56 Å². The Kier molecular flexibility index (Phi) is 5.71. The number of benzene rings is 2. The highest BCUT2D eigenvalue weighted by Gasteiger charge is 2.37. The van der Waals surface area contributed by atoms with Crippen LogP contribution in [-0.2, 0) is 20.6 Å². The summed E-state index contributed by atoms with van der Waals surface area (Å²) in [4.78, 5) is 14.5. The first-order valence-electron chi connectivity index (χ1n) is 9.37. The molecule has 29 heavy (non-hydrogen) atoms. The molecule has 0 fully saturated rings. The smallest absolute Gasteiger partial charge is 0.236 e. The molecule has 1 aliphatic heterocycles. The molecule has 1 N–H and O–H groups in total. The van der Waals surface area contributed by atoms with Crippen molar-refractivity contribution in [1.29, 1.82) is 0 Å². The van der Waals surface area contributed by atoms with E-state index >= 15 is 0 Å². The number of amides is 1. The van der Waals surface area contributed by atoms with Gasteiger partial charge in [0.05, 0.1) is 22.5 Å². The van der Waals surface area contributed by atoms with Crippen molar-refractivity contribution in [3.8, 4) is 5.75 Å². The molecule has 1 amide bonds. The van der Waals surface area contributed by atoms with Crippen LogP contribution in [-0.4, -0.2) is 27.5 Å². The summed E-state index contributed by atoms with van der Waals surface area (Å²) < 4.78 is 33.7. The molecular formula is C22H26N2O4S. The molecule has 6 nitrogen and oxygen atoms in total. The molecule has 0 radical (unpaired) electrons. The number of carbonyl (C=O) groups excluding carboxylic acids is 1. The Hall–Kier alpha value is -2.80. The molecule has 0 spiro atoms. The summed E-state index contributed by atoms with van der Waals surface area (Å²) in [6.07, 6.45) is 1.64. The number of hydrogen-bond donors (Lipinski definition) is 1. The zero-order valence-electron chi connectivity index (χ0n) is 16.9. The van der Waals surface area contributed by atoms with E-state index in [1.807, 2.05) is 32.9 Å². The Labute approximate surface area is 172 Å². The van der Waals surface area contributed by atoms with Gasteiger partial charge in [-0.05, 0) is 44.5 Å². The number of aryl methyl sites for hydroxylation is 1. The van der Waals surface area contributed by atoms with Crippen LogP contribution in [0.15, 0.2) is 55.1 Å². The molecule has 1 heterocycles. The van der Waals surface area contributed by atoms with E-state index in [-0.39, 0.29) is 18.3 Å². The number of anilines is 2. The van der Waals surface area contributed by atoms with E-state index in [1.165, 1.54) is 0 Å². The van der Waals surface area contributed by atoms with Crippen LogP contribution < -0.4 is 14.4 Å². The van der Waals surface area contributed by atoms with Crippen molar-refractivity contribution >= 4 is 27.3 Å². The van der Waals surface area contributed by atoms with Gasteiger partial charge in [-0.25, -0.2) is 8.42 Å². The topological polar surface area (TPSA) is 75.7 Å². The highest BCUT2D eigenvalue weighted by atomic mass is 32.2. The van der Waals surface area contributed by atoms with Crippen molar-refractivity contribution in [1.82, 2.24) is 0 Å². The van der Waals surface area contributed by atoms with Crippen LogP contribution in [0.4, 0.5) is 11.4 Å². The van der Waals surface area contributed by atoms with Crippen LogP contribution in [0.5, 0.6) is 5.75 Å². The Morgan fingerprint density at radius 3 is 2.55 bits per heavy atom. The summed E-state index contributed by atoms with van der Waals surface area (Å²) in [5, 5.41) is 0. The lowest BCUT2D eigenvalue weighted by molar-refractivity contribution is -0.127. The number of ether oxygens (including phenoxy) is 1. The Balaban J connectivity index is 1.89. The molecular weight excluding hydrogens is 388 g/mol. The minimum absolute atomic E-state index is 0.101. The molecule has 1 aliphatic rings. The first-order chi connectivity index (χ1) is 13.6. The second kappa shape index (κ2) is 7.91. The summed E-state index contributed by atoms with van der Waals surface area (Å²) in [5.74, 6) is 0.298. The number of nitrogens with one attached hydrogen (secondary N) is 1. The second-order valence-electron chi connectivity index (χ2n) is 7.91. The zero-order valence-corrected chi connectivity index (χ0v) is 17.8. The monoisotopic (exact) mass is 414 g/mol. The Bertz CT molecular complexity index is 1030. The number of sulfonamides is 1. The third-order valence-electron chi connectivity index (χ3n) is 4.72. The molecule has 0 aliphatic carbocycles. The van der Waals surface area contributed by atoms with Crippen LogP contribution in [0.2, 0.25) is 0 Å². The Morgan fingerprint density at radius 1 is 1.21 bits per heavy atom. The second-order valence-corrected chi connectivity index (χ2v) is 9.63. The maximum atomic E-state index is 12.9. The van der Waals surface area contributed by atoms with Gasteiger partial charge in [0.2, 0.25) is 15.9 Å². The number of nitrogens with zero attached hydrogens (tertiary/aromatic N) is 1. The van der Waals surface area contributed by atoms with Crippen molar-refractivity contribution in [2.75, 3.05) is 22.8 Å². The van der Waals surface area contributed by atoms with Gasteiger partial charge in [-0.1, -0.05) is 35.9 Å². The SMILES string of the molecule is C=CCN1C(=O)C(C)(C)COc2ccc(NS(=O)(=O)Cc3ccc(C)cc3)cc21. The first-order valence-corrected chi connectivity index (χ1v) is 11.0. The van der Waals surface area contributed by atoms with E-state index in [9.17, 15) is 13.2 Å². The maximum Gasteiger partial charge on any atom is 0.236 e. The molecule has 0 aromatic heterocycles. The minimum atomic E-state index is -3.62. The highest BCUT2D eigenvalue weighted by molar-refractivity contribution is 7.91. The van der Waals surface area contributed by atoms with Gasteiger partial charge in [0, 0.05) is 6.54 Å². The van der Waals surface area contributed by atoms with Gasteiger partial charge in [0.1, 0.15) is 12.4 Å². The summed E-state index contributed by atoms with van der Waals surface area (Å²) in [5.41, 5.74) is 1.97. The van der Waals surface area contributed by atoms with Gasteiger partial charge in [-0.3, -0.25) is 9.52 Å². The van der Waals surface area contributed by atoms with Gasteiger partial charge >= 0.3 is 0 Å². The summed E-state index contributed by atoms with van der Waals surface area (Å²) in [6.45, 7) is 9.87. The van der Waals surface area contributed by atoms with E-state index < -0.39 is 15.4 Å². The number of fused-ring (bicyclic) bond motifs is 1. The highest BCUT2D eigenvalue weighted by Crippen LogP contribution is 2.38. The number of hydrogen-bond acceptors (Lipinski definition) is 4. The molecule has 0 saturated carbocycles.